The van der Waals surface area contributed by atoms with Gasteiger partial charge in [-0.3, -0.25) is 13.9 Å². The summed E-state index contributed by atoms with van der Waals surface area (Å²) in [6, 6.07) is 0.730. The molecule has 13 nitrogen and oxygen atoms in total. The van der Waals surface area contributed by atoms with Gasteiger partial charge in [-0.05, 0) is 33.8 Å². The van der Waals surface area contributed by atoms with Gasteiger partial charge in [0, 0.05) is 56.2 Å². The topological polar surface area (TPSA) is 187 Å². The first-order valence-electron chi connectivity index (χ1n) is 12.6. The van der Waals surface area contributed by atoms with E-state index in [1.54, 1.807) is 56.6 Å². The monoisotopic (exact) mass is 536 g/mol. The minimum Gasteiger partial charge on any atom is -0.383 e. The molecule has 208 valence electrons. The Bertz CT molecular complexity index is 1460. The highest BCUT2D eigenvalue weighted by atomic mass is 16.5. The number of nitrogen functional groups attached to an aromatic ring is 1. The van der Waals surface area contributed by atoms with Gasteiger partial charge in [-0.2, -0.15) is 0 Å². The molecule has 13 heteroatoms. The fraction of sp³-hybridized carbons (Fsp3) is 0.385. The molecule has 6 N–H and O–H groups in total. The van der Waals surface area contributed by atoms with Crippen LogP contribution in [0.4, 0.5) is 17.5 Å². The van der Waals surface area contributed by atoms with Gasteiger partial charge in [0.15, 0.2) is 0 Å². The molecule has 0 aliphatic carbocycles. The first-order valence-corrected chi connectivity index (χ1v) is 12.6. The van der Waals surface area contributed by atoms with Crippen LogP contribution in [0.5, 0.6) is 0 Å². The highest BCUT2D eigenvalue weighted by molar-refractivity contribution is 6.06. The highest BCUT2D eigenvalue weighted by Crippen LogP contribution is 2.13. The molecule has 3 rings (SSSR count). The van der Waals surface area contributed by atoms with Crippen molar-refractivity contribution in [2.24, 2.45) is 12.8 Å². The van der Waals surface area contributed by atoms with Crippen LogP contribution in [0.2, 0.25) is 0 Å². The van der Waals surface area contributed by atoms with Crippen molar-refractivity contribution >= 4 is 23.2 Å². The quantitative estimate of drug-likeness (QED) is 0.195. The molecule has 39 heavy (non-hydrogen) atoms. The lowest BCUT2D eigenvalue weighted by molar-refractivity contribution is 0.388. The SMILES string of the molecule is CCN(CC)c1ncc(C(=N)/C=C\C=CC(N)[C@H](C)Nc2c(N)n(C)c(=O)n(Cc3cc(C)on3)c2=O)cn1. The summed E-state index contributed by atoms with van der Waals surface area (Å²) in [6.07, 6.45) is 10.0. The number of nitrogens with one attached hydrogen (secondary N) is 2. The number of allylic oxidation sites excluding steroid dienone is 3. The van der Waals surface area contributed by atoms with Gasteiger partial charge in [0.25, 0.3) is 5.56 Å². The van der Waals surface area contributed by atoms with E-state index in [0.29, 0.717) is 23.0 Å². The lowest BCUT2D eigenvalue weighted by Crippen LogP contribution is -2.44. The standard InChI is InChI=1S/C26H36N10O3/c1-6-35(7-2)25-30-13-18(14-31-25)21(28)11-9-8-10-20(27)17(4)32-22-23(29)34(5)26(38)36(24(22)37)15-19-12-16(3)39-33-19/h8-14,17,20,28,32H,6-7,15,27,29H2,1-5H3/b10-8?,11-9-,28-21?/t17-,20?/m0/s1. The second kappa shape index (κ2) is 12.8. The van der Waals surface area contributed by atoms with E-state index in [1.807, 2.05) is 18.7 Å². The van der Waals surface area contributed by atoms with E-state index < -0.39 is 23.3 Å². The van der Waals surface area contributed by atoms with Crippen LogP contribution in [0.1, 0.15) is 37.8 Å². The third-order valence-corrected chi connectivity index (χ3v) is 6.24. The minimum atomic E-state index is -0.582. The Kier molecular flexibility index (Phi) is 9.55. The Morgan fingerprint density at radius 3 is 2.49 bits per heavy atom. The van der Waals surface area contributed by atoms with Crippen molar-refractivity contribution in [3.63, 3.8) is 0 Å². The van der Waals surface area contributed by atoms with Crippen LogP contribution in [-0.2, 0) is 13.6 Å². The number of hydrogen-bond donors (Lipinski definition) is 4. The Hall–Kier alpha value is -4.52. The van der Waals surface area contributed by atoms with Crippen LogP contribution in [0.3, 0.4) is 0 Å². The summed E-state index contributed by atoms with van der Waals surface area (Å²) in [4.78, 5) is 36.5. The molecule has 0 saturated carbocycles. The van der Waals surface area contributed by atoms with Gasteiger partial charge in [-0.15, -0.1) is 0 Å². The zero-order chi connectivity index (χ0) is 28.7. The Morgan fingerprint density at radius 1 is 1.23 bits per heavy atom. The highest BCUT2D eigenvalue weighted by Gasteiger charge is 2.20. The zero-order valence-electron chi connectivity index (χ0n) is 22.9. The molecule has 0 bridgehead atoms. The van der Waals surface area contributed by atoms with E-state index in [4.69, 9.17) is 21.4 Å². The van der Waals surface area contributed by atoms with E-state index in [2.05, 4.69) is 20.4 Å². The van der Waals surface area contributed by atoms with Crippen molar-refractivity contribution < 1.29 is 4.52 Å². The maximum absolute atomic E-state index is 13.1. The number of aryl methyl sites for hydroxylation is 1. The molecule has 1 unspecified atom stereocenters. The summed E-state index contributed by atoms with van der Waals surface area (Å²) in [7, 11) is 1.49. The van der Waals surface area contributed by atoms with E-state index in [9.17, 15) is 9.59 Å². The molecule has 0 aliphatic rings. The molecule has 0 amide bonds. The summed E-state index contributed by atoms with van der Waals surface area (Å²) in [5.74, 6) is 1.20. The van der Waals surface area contributed by atoms with E-state index in [-0.39, 0.29) is 23.8 Å². The largest absolute Gasteiger partial charge is 0.383 e. The van der Waals surface area contributed by atoms with Gasteiger partial charge in [0.2, 0.25) is 5.95 Å². The van der Waals surface area contributed by atoms with Crippen molar-refractivity contribution in [1.29, 1.82) is 5.41 Å². The number of aromatic nitrogens is 5. The predicted octanol–water partition coefficient (Wildman–Crippen LogP) is 1.42. The molecule has 3 aromatic rings. The van der Waals surface area contributed by atoms with Gasteiger partial charge in [0.1, 0.15) is 23.0 Å². The number of nitrogens with two attached hydrogens (primary N) is 2. The predicted molar refractivity (Wildman–Crippen MR) is 152 cm³/mol. The average molecular weight is 537 g/mol. The van der Waals surface area contributed by atoms with Gasteiger partial charge < -0.3 is 31.6 Å². The maximum atomic E-state index is 13.1. The van der Waals surface area contributed by atoms with Crippen molar-refractivity contribution in [1.82, 2.24) is 24.3 Å². The van der Waals surface area contributed by atoms with Crippen molar-refractivity contribution in [2.45, 2.75) is 46.3 Å². The smallest absolute Gasteiger partial charge is 0.332 e. The molecule has 0 spiro atoms. The third-order valence-electron chi connectivity index (χ3n) is 6.24. The van der Waals surface area contributed by atoms with Crippen molar-refractivity contribution in [3.05, 3.63) is 80.6 Å². The van der Waals surface area contributed by atoms with Crippen LogP contribution in [0.25, 0.3) is 0 Å². The van der Waals surface area contributed by atoms with Crippen LogP contribution in [0.15, 0.2) is 56.9 Å². The molecule has 3 heterocycles. The molecular formula is C26H36N10O3. The Morgan fingerprint density at radius 2 is 1.90 bits per heavy atom. The number of nitrogens with zero attached hydrogens (tertiary/aromatic N) is 6. The second-order valence-electron chi connectivity index (χ2n) is 9.03. The Labute approximate surface area is 226 Å². The summed E-state index contributed by atoms with van der Waals surface area (Å²) in [5.41, 5.74) is 12.6. The summed E-state index contributed by atoms with van der Waals surface area (Å²) in [6.45, 7) is 9.14. The van der Waals surface area contributed by atoms with Crippen LogP contribution in [-0.4, -0.2) is 55.1 Å². The van der Waals surface area contributed by atoms with Crippen LogP contribution in [0, 0.1) is 12.3 Å². The van der Waals surface area contributed by atoms with Gasteiger partial charge in [-0.1, -0.05) is 23.4 Å². The van der Waals surface area contributed by atoms with Crippen LogP contribution < -0.4 is 32.9 Å². The fourth-order valence-electron chi connectivity index (χ4n) is 3.77. The average Bonchev–Trinajstić information content (AvgIpc) is 3.35. The maximum Gasteiger partial charge on any atom is 0.332 e. The first-order chi connectivity index (χ1) is 18.6. The van der Waals surface area contributed by atoms with Crippen LogP contribution >= 0.6 is 0 Å². The second-order valence-corrected chi connectivity index (χ2v) is 9.03. The minimum absolute atomic E-state index is 0.00295. The first kappa shape index (κ1) is 29.0. The molecule has 0 radical (unpaired) electrons. The van der Waals surface area contributed by atoms with E-state index in [1.165, 1.54) is 11.6 Å². The third kappa shape index (κ3) is 6.87. The molecular weight excluding hydrogens is 500 g/mol. The van der Waals surface area contributed by atoms with E-state index in [0.717, 1.165) is 17.7 Å². The normalized spacial score (nSPS) is 13.2. The zero-order valence-corrected chi connectivity index (χ0v) is 22.9. The molecule has 0 fully saturated rings. The van der Waals surface area contributed by atoms with Crippen molar-refractivity contribution in [3.8, 4) is 0 Å². The molecule has 0 aliphatic heterocycles. The Balaban J connectivity index is 1.68. The summed E-state index contributed by atoms with van der Waals surface area (Å²) in [5, 5.41) is 15.2. The van der Waals surface area contributed by atoms with E-state index >= 15 is 0 Å². The lowest BCUT2D eigenvalue weighted by Gasteiger charge is -2.21. The van der Waals surface area contributed by atoms with Gasteiger partial charge in [0.05, 0.1) is 12.3 Å². The number of anilines is 3. The number of rotatable bonds is 12. The number of hydrogen-bond acceptors (Lipinski definition) is 11. The molecule has 0 aromatic carbocycles. The summed E-state index contributed by atoms with van der Waals surface area (Å²) < 4.78 is 7.27. The molecule has 0 saturated heterocycles. The van der Waals surface area contributed by atoms with Gasteiger partial charge >= 0.3 is 5.69 Å². The molecule has 2 atom stereocenters. The van der Waals surface area contributed by atoms with Crippen molar-refractivity contribution in [2.75, 3.05) is 29.0 Å². The summed E-state index contributed by atoms with van der Waals surface area (Å²) >= 11 is 0. The fourth-order valence-corrected chi connectivity index (χ4v) is 3.77. The molecule has 3 aromatic heterocycles. The van der Waals surface area contributed by atoms with Gasteiger partial charge in [-0.25, -0.2) is 14.8 Å². The lowest BCUT2D eigenvalue weighted by atomic mass is 10.1.